The Morgan fingerprint density at radius 1 is 1.07 bits per heavy atom. The van der Waals surface area contributed by atoms with Crippen molar-refractivity contribution in [2.45, 2.75) is 57.5 Å². The number of carbonyl (C=O) groups excluding carboxylic acids is 2. The number of amides is 2. The van der Waals surface area contributed by atoms with Gasteiger partial charge in [-0.1, -0.05) is 18.2 Å². The number of morpholine rings is 1. The van der Waals surface area contributed by atoms with Crippen molar-refractivity contribution in [3.05, 3.63) is 53.1 Å². The van der Waals surface area contributed by atoms with Gasteiger partial charge >= 0.3 is 0 Å². The summed E-state index contributed by atoms with van der Waals surface area (Å²) in [5.74, 6) is 2.35. The van der Waals surface area contributed by atoms with Gasteiger partial charge < -0.3 is 29.0 Å². The molecule has 3 aliphatic heterocycles. The molecular weight excluding hydrogens is 552 g/mol. The minimum absolute atomic E-state index is 0.0936. The maximum atomic E-state index is 13.6. The van der Waals surface area contributed by atoms with Gasteiger partial charge in [-0.3, -0.25) is 9.59 Å². The summed E-state index contributed by atoms with van der Waals surface area (Å²) in [6.45, 7) is 7.92. The Morgan fingerprint density at radius 3 is 2.66 bits per heavy atom. The van der Waals surface area contributed by atoms with E-state index in [1.165, 1.54) is 29.3 Å². The highest BCUT2D eigenvalue weighted by molar-refractivity contribution is 6.01. The average Bonchev–Trinajstić information content (AvgIpc) is 3.72. The highest BCUT2D eigenvalue weighted by Crippen LogP contribution is 2.41. The zero-order valence-electron chi connectivity index (χ0n) is 25.8. The molecule has 2 aromatic heterocycles. The van der Waals surface area contributed by atoms with Gasteiger partial charge in [-0.15, -0.1) is 0 Å². The van der Waals surface area contributed by atoms with Gasteiger partial charge in [0.2, 0.25) is 5.91 Å². The van der Waals surface area contributed by atoms with Crippen LogP contribution < -0.4 is 5.32 Å². The highest BCUT2D eigenvalue weighted by Gasteiger charge is 2.31. The van der Waals surface area contributed by atoms with Crippen molar-refractivity contribution in [2.24, 2.45) is 13.0 Å². The molecule has 0 radical (unpaired) electrons. The van der Waals surface area contributed by atoms with Gasteiger partial charge in [0.25, 0.3) is 5.91 Å². The van der Waals surface area contributed by atoms with Crippen LogP contribution in [0.3, 0.4) is 0 Å². The first-order valence-corrected chi connectivity index (χ1v) is 16.4. The quantitative estimate of drug-likeness (QED) is 0.360. The molecule has 5 heterocycles. The number of aryl methyl sites for hydroxylation is 1. The summed E-state index contributed by atoms with van der Waals surface area (Å²) in [7, 11) is 2.11. The van der Waals surface area contributed by atoms with Crippen LogP contribution in [0.15, 0.2) is 36.4 Å². The maximum absolute atomic E-state index is 13.6. The fourth-order valence-corrected chi connectivity index (χ4v) is 7.74. The second kappa shape index (κ2) is 11.0. The van der Waals surface area contributed by atoms with Crippen molar-refractivity contribution >= 4 is 33.8 Å². The summed E-state index contributed by atoms with van der Waals surface area (Å²) in [5.41, 5.74) is 7.71. The molecule has 2 saturated heterocycles. The zero-order valence-corrected chi connectivity index (χ0v) is 25.8. The van der Waals surface area contributed by atoms with Crippen molar-refractivity contribution in [1.82, 2.24) is 29.2 Å². The van der Waals surface area contributed by atoms with Crippen LogP contribution >= 0.6 is 0 Å². The number of piperidine rings is 1. The SMILES string of the molecule is CC(=O)N1CCC(c2cccc3cc(-c4nc5cc6c(cc5n4C)CCN(CC4COCCN4)C6=O)n(CC4CC4)c23)CC1. The number of hydrogen-bond acceptors (Lipinski definition) is 5. The van der Waals surface area contributed by atoms with Crippen LogP contribution in [-0.4, -0.2) is 87.7 Å². The van der Waals surface area contributed by atoms with Crippen LogP contribution in [0.1, 0.15) is 60.0 Å². The van der Waals surface area contributed by atoms with E-state index in [0.717, 1.165) is 92.3 Å². The lowest BCUT2D eigenvalue weighted by molar-refractivity contribution is -0.129. The summed E-state index contributed by atoms with van der Waals surface area (Å²) in [6, 6.07) is 13.4. The number of para-hydroxylation sites is 1. The van der Waals surface area contributed by atoms with E-state index in [1.807, 2.05) is 15.9 Å². The molecule has 3 fully saturated rings. The number of aromatic nitrogens is 3. The molecule has 2 aromatic carbocycles. The molecule has 44 heavy (non-hydrogen) atoms. The van der Waals surface area contributed by atoms with Gasteiger partial charge in [-0.2, -0.15) is 0 Å². The molecule has 8 rings (SSSR count). The minimum atomic E-state index is 0.0936. The highest BCUT2D eigenvalue weighted by atomic mass is 16.5. The zero-order chi connectivity index (χ0) is 29.9. The van der Waals surface area contributed by atoms with Crippen LogP contribution in [0.4, 0.5) is 0 Å². The van der Waals surface area contributed by atoms with E-state index < -0.39 is 0 Å². The molecule has 1 atom stereocenters. The third-order valence-corrected chi connectivity index (χ3v) is 10.4. The first-order valence-electron chi connectivity index (χ1n) is 16.4. The number of hydrogen-bond donors (Lipinski definition) is 1. The molecule has 230 valence electrons. The van der Waals surface area contributed by atoms with E-state index in [9.17, 15) is 9.59 Å². The van der Waals surface area contributed by atoms with Gasteiger partial charge in [-0.25, -0.2) is 4.98 Å². The van der Waals surface area contributed by atoms with E-state index in [4.69, 9.17) is 9.72 Å². The van der Waals surface area contributed by atoms with Crippen LogP contribution in [0.25, 0.3) is 33.5 Å². The van der Waals surface area contributed by atoms with Gasteiger partial charge in [0.15, 0.2) is 5.82 Å². The number of benzene rings is 2. The van der Waals surface area contributed by atoms with E-state index >= 15 is 0 Å². The molecule has 1 aliphatic carbocycles. The third-order valence-electron chi connectivity index (χ3n) is 10.4. The van der Waals surface area contributed by atoms with Crippen LogP contribution in [0.5, 0.6) is 0 Å². The van der Waals surface area contributed by atoms with Crippen LogP contribution in [-0.2, 0) is 29.5 Å². The summed E-state index contributed by atoms with van der Waals surface area (Å²) in [6.07, 6.45) is 5.38. The Morgan fingerprint density at radius 2 is 1.91 bits per heavy atom. The second-order valence-electron chi connectivity index (χ2n) is 13.4. The van der Waals surface area contributed by atoms with Crippen LogP contribution in [0, 0.1) is 5.92 Å². The first-order chi connectivity index (χ1) is 21.4. The number of nitrogens with zero attached hydrogens (tertiary/aromatic N) is 5. The number of rotatable bonds is 6. The van der Waals surface area contributed by atoms with E-state index in [1.54, 1.807) is 6.92 Å². The Balaban J connectivity index is 1.17. The lowest BCUT2D eigenvalue weighted by atomic mass is 9.88. The topological polar surface area (TPSA) is 84.6 Å². The fraction of sp³-hybridized carbons (Fsp3) is 0.514. The summed E-state index contributed by atoms with van der Waals surface area (Å²) >= 11 is 0. The Labute approximate surface area is 258 Å². The Kier molecular flexibility index (Phi) is 6.98. The maximum Gasteiger partial charge on any atom is 0.254 e. The number of likely N-dealkylation sites (tertiary alicyclic amines) is 1. The first kappa shape index (κ1) is 27.8. The summed E-state index contributed by atoms with van der Waals surface area (Å²) in [5, 5.41) is 4.74. The monoisotopic (exact) mass is 594 g/mol. The van der Waals surface area contributed by atoms with E-state index in [-0.39, 0.29) is 17.9 Å². The van der Waals surface area contributed by atoms with Crippen molar-refractivity contribution in [3.8, 4) is 11.5 Å². The fourth-order valence-electron chi connectivity index (χ4n) is 7.74. The molecule has 9 nitrogen and oxygen atoms in total. The molecule has 0 bridgehead atoms. The van der Waals surface area contributed by atoms with Gasteiger partial charge in [0.05, 0.1) is 35.5 Å². The van der Waals surface area contributed by atoms with Gasteiger partial charge in [-0.05, 0) is 73.3 Å². The van der Waals surface area contributed by atoms with Crippen molar-refractivity contribution in [3.63, 3.8) is 0 Å². The van der Waals surface area contributed by atoms with Crippen molar-refractivity contribution in [2.75, 3.05) is 45.9 Å². The molecule has 4 aliphatic rings. The lowest BCUT2D eigenvalue weighted by Crippen LogP contribution is -2.51. The smallest absolute Gasteiger partial charge is 0.254 e. The van der Waals surface area contributed by atoms with E-state index in [0.29, 0.717) is 25.0 Å². The largest absolute Gasteiger partial charge is 0.378 e. The predicted octanol–water partition coefficient (Wildman–Crippen LogP) is 4.32. The predicted molar refractivity (Wildman–Crippen MR) is 171 cm³/mol. The third kappa shape index (κ3) is 4.90. The molecule has 1 unspecified atom stereocenters. The number of nitrogens with one attached hydrogen (secondary N) is 1. The number of fused-ring (bicyclic) bond motifs is 3. The van der Waals surface area contributed by atoms with Crippen molar-refractivity contribution in [1.29, 1.82) is 0 Å². The van der Waals surface area contributed by atoms with Crippen LogP contribution in [0.2, 0.25) is 0 Å². The molecule has 1 saturated carbocycles. The molecular formula is C35H42N6O3. The van der Waals surface area contributed by atoms with Crippen molar-refractivity contribution < 1.29 is 14.3 Å². The standard InChI is InChI=1S/C35H42N6O3/c1-22(42)39-12-8-24(9-13-39)28-5-3-4-26-17-32(41(33(26)28)19-23-6-7-23)34-37-30-18-29-25(16-31(30)38(34)2)10-14-40(35(29)43)20-27-21-44-15-11-36-27/h3-5,16-18,23-24,27,36H,6-15,19-21H2,1-2H3. The Bertz CT molecular complexity index is 1750. The lowest BCUT2D eigenvalue weighted by Gasteiger charge is -2.33. The molecule has 1 N–H and O–H groups in total. The number of imidazole rings is 1. The average molecular weight is 595 g/mol. The number of carbonyl (C=O) groups is 2. The normalized spacial score (nSPS) is 21.4. The Hall–Kier alpha value is -3.69. The molecule has 4 aromatic rings. The van der Waals surface area contributed by atoms with E-state index in [2.05, 4.69) is 51.8 Å². The van der Waals surface area contributed by atoms with Gasteiger partial charge in [0.1, 0.15) is 0 Å². The molecule has 2 amide bonds. The molecule has 9 heteroatoms. The number of ether oxygens (including phenoxy) is 1. The summed E-state index contributed by atoms with van der Waals surface area (Å²) in [4.78, 5) is 34.8. The molecule has 0 spiro atoms. The second-order valence-corrected chi connectivity index (χ2v) is 13.4. The van der Waals surface area contributed by atoms with Gasteiger partial charge in [0, 0.05) is 70.2 Å². The summed E-state index contributed by atoms with van der Waals surface area (Å²) < 4.78 is 10.4. The minimum Gasteiger partial charge on any atom is -0.378 e.